The fourth-order valence-electron chi connectivity index (χ4n) is 3.82. The van der Waals surface area contributed by atoms with Gasteiger partial charge in [-0.2, -0.15) is 18.3 Å². The topological polar surface area (TPSA) is 67.2 Å². The van der Waals surface area contributed by atoms with Crippen molar-refractivity contribution in [2.24, 2.45) is 0 Å². The number of aromatic nitrogens is 4. The fourth-order valence-corrected chi connectivity index (χ4v) is 3.82. The van der Waals surface area contributed by atoms with Crippen molar-refractivity contribution < 1.29 is 18.0 Å². The Labute approximate surface area is 183 Å². The zero-order valence-corrected chi connectivity index (χ0v) is 17.8. The van der Waals surface area contributed by atoms with E-state index in [1.165, 1.54) is 12.4 Å². The van der Waals surface area contributed by atoms with E-state index in [0.717, 1.165) is 29.3 Å². The summed E-state index contributed by atoms with van der Waals surface area (Å²) in [6, 6.07) is 8.75. The second-order valence-electron chi connectivity index (χ2n) is 7.82. The number of hydrogen-bond acceptors (Lipinski definition) is 5. The first-order chi connectivity index (χ1) is 15.2. The van der Waals surface area contributed by atoms with Gasteiger partial charge in [0, 0.05) is 37.9 Å². The standard InChI is InChI=1S/C22H23F3N6O/c1-15-10-16(2)31(28-15)20-13-19(26-14-27-20)29-6-8-30(9-7-29)21(32)12-17-4-3-5-18(11-17)22(23,24)25/h3-5,10-11,13-14H,6-9,12H2,1-2H3. The van der Waals surface area contributed by atoms with Gasteiger partial charge in [-0.15, -0.1) is 0 Å². The summed E-state index contributed by atoms with van der Waals surface area (Å²) in [7, 11) is 0. The van der Waals surface area contributed by atoms with E-state index < -0.39 is 11.7 Å². The fraction of sp³-hybridized carbons (Fsp3) is 0.364. The van der Waals surface area contributed by atoms with Crippen LogP contribution in [0.5, 0.6) is 0 Å². The summed E-state index contributed by atoms with van der Waals surface area (Å²) in [5, 5.41) is 4.45. The second-order valence-corrected chi connectivity index (χ2v) is 7.82. The third-order valence-electron chi connectivity index (χ3n) is 5.43. The van der Waals surface area contributed by atoms with E-state index in [4.69, 9.17) is 0 Å². The van der Waals surface area contributed by atoms with Gasteiger partial charge in [0.2, 0.25) is 5.91 Å². The van der Waals surface area contributed by atoms with E-state index in [0.29, 0.717) is 37.6 Å². The minimum atomic E-state index is -4.42. The molecule has 2 aromatic heterocycles. The highest BCUT2D eigenvalue weighted by Gasteiger charge is 2.30. The van der Waals surface area contributed by atoms with Crippen LogP contribution in [0.2, 0.25) is 0 Å². The van der Waals surface area contributed by atoms with Crippen LogP contribution in [0.25, 0.3) is 5.82 Å². The average molecular weight is 444 g/mol. The van der Waals surface area contributed by atoms with Crippen molar-refractivity contribution in [3.63, 3.8) is 0 Å². The molecular formula is C22H23F3N6O. The van der Waals surface area contributed by atoms with Gasteiger partial charge >= 0.3 is 6.18 Å². The molecule has 1 amide bonds. The number of aryl methyl sites for hydroxylation is 2. The van der Waals surface area contributed by atoms with Gasteiger partial charge in [-0.05, 0) is 31.5 Å². The number of nitrogens with zero attached hydrogens (tertiary/aromatic N) is 6. The Hall–Kier alpha value is -3.43. The Morgan fingerprint density at radius 2 is 1.72 bits per heavy atom. The number of rotatable bonds is 4. The molecule has 1 aliphatic heterocycles. The highest BCUT2D eigenvalue weighted by molar-refractivity contribution is 5.79. The first-order valence-electron chi connectivity index (χ1n) is 10.3. The van der Waals surface area contributed by atoms with Gasteiger partial charge in [0.15, 0.2) is 5.82 Å². The minimum Gasteiger partial charge on any atom is -0.353 e. The molecular weight excluding hydrogens is 421 g/mol. The highest BCUT2D eigenvalue weighted by Crippen LogP contribution is 2.29. The van der Waals surface area contributed by atoms with Crippen LogP contribution in [-0.2, 0) is 17.4 Å². The predicted octanol–water partition coefficient (Wildman–Crippen LogP) is 3.19. The summed E-state index contributed by atoms with van der Waals surface area (Å²) < 4.78 is 40.5. The van der Waals surface area contributed by atoms with Crippen molar-refractivity contribution in [3.05, 3.63) is 65.2 Å². The number of halogens is 3. The molecule has 0 saturated carbocycles. The molecule has 3 aromatic rings. The highest BCUT2D eigenvalue weighted by atomic mass is 19.4. The molecule has 32 heavy (non-hydrogen) atoms. The Balaban J connectivity index is 1.39. The zero-order valence-electron chi connectivity index (χ0n) is 17.8. The number of benzene rings is 1. The minimum absolute atomic E-state index is 0.0560. The molecule has 0 bridgehead atoms. The Kier molecular flexibility index (Phi) is 5.86. The second kappa shape index (κ2) is 8.60. The first kappa shape index (κ1) is 21.8. The summed E-state index contributed by atoms with van der Waals surface area (Å²) >= 11 is 0. The van der Waals surface area contributed by atoms with E-state index in [9.17, 15) is 18.0 Å². The molecule has 0 spiro atoms. The van der Waals surface area contributed by atoms with E-state index in [1.54, 1.807) is 15.6 Å². The van der Waals surface area contributed by atoms with Crippen LogP contribution in [0.3, 0.4) is 0 Å². The molecule has 1 fully saturated rings. The van der Waals surface area contributed by atoms with Crippen molar-refractivity contribution in [1.82, 2.24) is 24.6 Å². The van der Waals surface area contributed by atoms with Gasteiger partial charge in [-0.25, -0.2) is 14.6 Å². The van der Waals surface area contributed by atoms with E-state index in [2.05, 4.69) is 20.0 Å². The van der Waals surface area contributed by atoms with Gasteiger partial charge in [0.1, 0.15) is 12.1 Å². The Bertz CT molecular complexity index is 1120. The summed E-state index contributed by atoms with van der Waals surface area (Å²) in [6.45, 7) is 5.95. The SMILES string of the molecule is Cc1cc(C)n(-c2cc(N3CCN(C(=O)Cc4cccc(C(F)(F)F)c4)CC3)ncn2)n1. The molecule has 10 heteroatoms. The van der Waals surface area contributed by atoms with E-state index in [1.807, 2.05) is 26.0 Å². The molecule has 3 heterocycles. The lowest BCUT2D eigenvalue weighted by Gasteiger charge is -2.35. The van der Waals surface area contributed by atoms with Gasteiger partial charge in [0.05, 0.1) is 17.7 Å². The van der Waals surface area contributed by atoms with Crippen molar-refractivity contribution in [2.75, 3.05) is 31.1 Å². The van der Waals surface area contributed by atoms with Gasteiger partial charge in [0.25, 0.3) is 0 Å². The largest absolute Gasteiger partial charge is 0.416 e. The lowest BCUT2D eigenvalue weighted by atomic mass is 10.1. The lowest BCUT2D eigenvalue weighted by Crippen LogP contribution is -2.49. The lowest BCUT2D eigenvalue weighted by molar-refractivity contribution is -0.138. The third kappa shape index (κ3) is 4.74. The molecule has 1 aliphatic rings. The summed E-state index contributed by atoms with van der Waals surface area (Å²) in [4.78, 5) is 25.1. The number of alkyl halides is 3. The number of carbonyl (C=O) groups excluding carboxylic acids is 1. The Morgan fingerprint density at radius 3 is 2.38 bits per heavy atom. The number of amides is 1. The molecule has 0 unspecified atom stereocenters. The van der Waals surface area contributed by atoms with Crippen LogP contribution < -0.4 is 4.90 Å². The number of hydrogen-bond donors (Lipinski definition) is 0. The van der Waals surface area contributed by atoms with Crippen LogP contribution in [0.4, 0.5) is 19.0 Å². The van der Waals surface area contributed by atoms with Crippen LogP contribution in [0.15, 0.2) is 42.7 Å². The summed E-state index contributed by atoms with van der Waals surface area (Å²) in [5.41, 5.74) is 1.49. The summed E-state index contributed by atoms with van der Waals surface area (Å²) in [5.74, 6) is 1.23. The molecule has 0 N–H and O–H groups in total. The van der Waals surface area contributed by atoms with Gasteiger partial charge in [-0.3, -0.25) is 4.79 Å². The van der Waals surface area contributed by atoms with Crippen molar-refractivity contribution in [3.8, 4) is 5.82 Å². The van der Waals surface area contributed by atoms with Gasteiger partial charge < -0.3 is 9.80 Å². The molecule has 1 saturated heterocycles. The van der Waals surface area contributed by atoms with E-state index >= 15 is 0 Å². The van der Waals surface area contributed by atoms with Gasteiger partial charge in [-0.1, -0.05) is 18.2 Å². The first-order valence-corrected chi connectivity index (χ1v) is 10.3. The van der Waals surface area contributed by atoms with Crippen LogP contribution in [0.1, 0.15) is 22.5 Å². The summed E-state index contributed by atoms with van der Waals surface area (Å²) in [6.07, 6.45) is -2.99. The maximum atomic E-state index is 12.9. The third-order valence-corrected chi connectivity index (χ3v) is 5.43. The van der Waals surface area contributed by atoms with E-state index in [-0.39, 0.29) is 12.3 Å². The number of carbonyl (C=O) groups is 1. The molecule has 1 aromatic carbocycles. The maximum absolute atomic E-state index is 12.9. The molecule has 0 aliphatic carbocycles. The molecule has 0 atom stereocenters. The maximum Gasteiger partial charge on any atom is 0.416 e. The van der Waals surface area contributed by atoms with Crippen molar-refractivity contribution in [1.29, 1.82) is 0 Å². The normalized spacial score (nSPS) is 14.7. The smallest absolute Gasteiger partial charge is 0.353 e. The quantitative estimate of drug-likeness (QED) is 0.618. The van der Waals surface area contributed by atoms with Crippen LogP contribution >= 0.6 is 0 Å². The average Bonchev–Trinajstić information content (AvgIpc) is 3.11. The molecule has 4 rings (SSSR count). The zero-order chi connectivity index (χ0) is 22.9. The van der Waals surface area contributed by atoms with Crippen molar-refractivity contribution >= 4 is 11.7 Å². The Morgan fingerprint density at radius 1 is 1.00 bits per heavy atom. The number of piperazine rings is 1. The predicted molar refractivity (Wildman–Crippen MR) is 113 cm³/mol. The van der Waals surface area contributed by atoms with Crippen LogP contribution in [-0.4, -0.2) is 56.7 Å². The van der Waals surface area contributed by atoms with Crippen molar-refractivity contribution in [2.45, 2.75) is 26.4 Å². The molecule has 168 valence electrons. The van der Waals surface area contributed by atoms with Crippen LogP contribution in [0, 0.1) is 13.8 Å². The monoisotopic (exact) mass is 444 g/mol. The molecule has 7 nitrogen and oxygen atoms in total. The molecule has 0 radical (unpaired) electrons. The number of anilines is 1.